The van der Waals surface area contributed by atoms with Crippen molar-refractivity contribution in [2.75, 3.05) is 6.61 Å². The Labute approximate surface area is 165 Å². The van der Waals surface area contributed by atoms with Crippen molar-refractivity contribution in [2.45, 2.75) is 35.4 Å². The molecule has 0 radical (unpaired) electrons. The predicted molar refractivity (Wildman–Crippen MR) is 102 cm³/mol. The van der Waals surface area contributed by atoms with Crippen molar-refractivity contribution in [3.63, 3.8) is 0 Å². The molecule has 8 heteroatoms. The third-order valence-electron chi connectivity index (χ3n) is 4.45. The highest BCUT2D eigenvalue weighted by Gasteiger charge is 2.44. The Morgan fingerprint density at radius 1 is 1.00 bits per heavy atom. The van der Waals surface area contributed by atoms with Crippen LogP contribution in [0.15, 0.2) is 42.5 Å². The first-order valence-electron chi connectivity index (χ1n) is 8.39. The van der Waals surface area contributed by atoms with E-state index in [1.165, 1.54) is 6.07 Å². The van der Waals surface area contributed by atoms with Gasteiger partial charge in [0, 0.05) is 17.0 Å². The minimum Gasteiger partial charge on any atom is -0.477 e. The summed E-state index contributed by atoms with van der Waals surface area (Å²) in [5.74, 6) is 0.0221. The average Bonchev–Trinajstić information content (AvgIpc) is 2.66. The van der Waals surface area contributed by atoms with Gasteiger partial charge in [-0.25, -0.2) is 4.39 Å². The fourth-order valence-corrected chi connectivity index (χ4v) is 4.37. The van der Waals surface area contributed by atoms with Gasteiger partial charge in [-0.1, -0.05) is 29.8 Å². The van der Waals surface area contributed by atoms with Crippen LogP contribution in [0.1, 0.15) is 11.1 Å². The number of hydrogen-bond acceptors (Lipinski definition) is 6. The highest BCUT2D eigenvalue weighted by Crippen LogP contribution is 2.36. The lowest BCUT2D eigenvalue weighted by molar-refractivity contribution is -0.0910. The van der Waals surface area contributed by atoms with Crippen LogP contribution in [0.4, 0.5) is 4.39 Å². The van der Waals surface area contributed by atoms with Crippen LogP contribution in [0.5, 0.6) is 5.75 Å². The van der Waals surface area contributed by atoms with Gasteiger partial charge in [-0.15, -0.1) is 11.8 Å². The number of ether oxygens (including phenoxy) is 1. The first kappa shape index (κ1) is 20.4. The van der Waals surface area contributed by atoms with Gasteiger partial charge in [0.2, 0.25) is 0 Å². The lowest BCUT2D eigenvalue weighted by Crippen LogP contribution is -2.55. The number of halogens is 2. The van der Waals surface area contributed by atoms with E-state index >= 15 is 0 Å². The van der Waals surface area contributed by atoms with Crippen LogP contribution in [0.3, 0.4) is 0 Å². The van der Waals surface area contributed by atoms with Crippen molar-refractivity contribution in [1.82, 2.24) is 0 Å². The molecular weight excluding hydrogens is 395 g/mol. The molecule has 1 aliphatic heterocycles. The largest absolute Gasteiger partial charge is 0.477 e. The van der Waals surface area contributed by atoms with E-state index in [2.05, 4.69) is 0 Å². The highest BCUT2D eigenvalue weighted by atomic mass is 35.5. The molecule has 1 aliphatic rings. The predicted octanol–water partition coefficient (Wildman–Crippen LogP) is 1.97. The van der Waals surface area contributed by atoms with Gasteiger partial charge in [-0.05, 0) is 29.8 Å². The van der Waals surface area contributed by atoms with Crippen LogP contribution < -0.4 is 4.74 Å². The Bertz CT molecular complexity index is 790. The number of aliphatic hydroxyl groups is 4. The second-order valence-electron chi connectivity index (χ2n) is 6.34. The molecule has 0 unspecified atom stereocenters. The van der Waals surface area contributed by atoms with E-state index in [9.17, 15) is 24.8 Å². The maximum absolute atomic E-state index is 14.0. The molecular formula is C19H20ClFO5S. The molecule has 27 heavy (non-hydrogen) atoms. The monoisotopic (exact) mass is 414 g/mol. The molecule has 0 saturated carbocycles. The zero-order valence-electron chi connectivity index (χ0n) is 14.2. The summed E-state index contributed by atoms with van der Waals surface area (Å²) in [6.45, 7) is -0.377. The molecule has 1 saturated heterocycles. The molecule has 1 heterocycles. The number of thioether (sulfide) groups is 1. The highest BCUT2D eigenvalue weighted by molar-refractivity contribution is 8.00. The van der Waals surface area contributed by atoms with E-state index in [1.807, 2.05) is 0 Å². The first-order chi connectivity index (χ1) is 12.9. The Balaban J connectivity index is 1.85. The number of hydrogen-bond donors (Lipinski definition) is 4. The standard InChI is InChI=1S/C19H20ClFO5S/c20-12-5-6-14(11(8-12)7-10-3-1-2-4-13(10)21)26-19-18(25)17(24)16(23)15(9-22)27-19/h1-6,8,15-19,22-25H,7,9H2/t15-,16-,17+,18-,19-/m1/s1. The molecule has 3 rings (SSSR count). The third-order valence-corrected chi connectivity index (χ3v) is 6.11. The molecule has 0 spiro atoms. The SMILES string of the molecule is OC[C@H]1S[C@@H](Oc2ccc(Cl)cc2Cc2ccccc2F)[C@H](O)[C@@H](O)[C@@H]1O. The Hall–Kier alpha value is -1.35. The van der Waals surface area contributed by atoms with E-state index in [0.717, 1.165) is 11.8 Å². The van der Waals surface area contributed by atoms with Gasteiger partial charge in [0.25, 0.3) is 0 Å². The zero-order chi connectivity index (χ0) is 19.6. The van der Waals surface area contributed by atoms with Gasteiger partial charge in [-0.3, -0.25) is 0 Å². The number of rotatable bonds is 5. The normalized spacial score (nSPS) is 28.1. The van der Waals surface area contributed by atoms with Gasteiger partial charge in [0.05, 0.1) is 18.0 Å². The first-order valence-corrected chi connectivity index (χ1v) is 9.71. The molecule has 4 N–H and O–H groups in total. The fourth-order valence-electron chi connectivity index (χ4n) is 2.94. The molecule has 2 aromatic rings. The molecule has 1 fully saturated rings. The molecule has 5 nitrogen and oxygen atoms in total. The van der Waals surface area contributed by atoms with Gasteiger partial charge >= 0.3 is 0 Å². The van der Waals surface area contributed by atoms with Crippen molar-refractivity contribution >= 4 is 23.4 Å². The fraction of sp³-hybridized carbons (Fsp3) is 0.368. The summed E-state index contributed by atoms with van der Waals surface area (Å²) in [7, 11) is 0. The maximum Gasteiger partial charge on any atom is 0.173 e. The van der Waals surface area contributed by atoms with E-state index in [-0.39, 0.29) is 18.8 Å². The van der Waals surface area contributed by atoms with Crippen molar-refractivity contribution in [3.05, 3.63) is 64.4 Å². The summed E-state index contributed by atoms with van der Waals surface area (Å²) >= 11 is 7.10. The van der Waals surface area contributed by atoms with Crippen molar-refractivity contribution in [1.29, 1.82) is 0 Å². The molecule has 2 aromatic carbocycles. The zero-order valence-corrected chi connectivity index (χ0v) is 15.8. The number of benzene rings is 2. The Kier molecular flexibility index (Phi) is 6.62. The molecule has 0 aliphatic carbocycles. The Morgan fingerprint density at radius 3 is 2.44 bits per heavy atom. The number of aliphatic hydroxyl groups excluding tert-OH is 4. The molecule has 0 aromatic heterocycles. The van der Waals surface area contributed by atoms with E-state index in [4.69, 9.17) is 16.3 Å². The maximum atomic E-state index is 14.0. The quantitative estimate of drug-likeness (QED) is 0.598. The second kappa shape index (κ2) is 8.77. The van der Waals surface area contributed by atoms with Crippen LogP contribution in [0, 0.1) is 5.82 Å². The summed E-state index contributed by atoms with van der Waals surface area (Å²) in [5.41, 5.74) is 0.160. The van der Waals surface area contributed by atoms with Crippen molar-refractivity contribution < 1.29 is 29.6 Å². The minimum atomic E-state index is -1.45. The van der Waals surface area contributed by atoms with E-state index < -0.39 is 29.0 Å². The summed E-state index contributed by atoms with van der Waals surface area (Å²) in [5, 5.41) is 39.3. The van der Waals surface area contributed by atoms with Crippen LogP contribution in [-0.4, -0.2) is 56.0 Å². The van der Waals surface area contributed by atoms with Crippen LogP contribution in [0.25, 0.3) is 0 Å². The second-order valence-corrected chi connectivity index (χ2v) is 8.11. The molecule has 146 valence electrons. The lowest BCUT2D eigenvalue weighted by atomic mass is 10.0. The van der Waals surface area contributed by atoms with Gasteiger partial charge in [0.1, 0.15) is 23.8 Å². The molecule has 0 bridgehead atoms. The van der Waals surface area contributed by atoms with Crippen LogP contribution >= 0.6 is 23.4 Å². The lowest BCUT2D eigenvalue weighted by Gasteiger charge is -2.39. The van der Waals surface area contributed by atoms with Crippen LogP contribution in [-0.2, 0) is 6.42 Å². The third kappa shape index (κ3) is 4.56. The van der Waals surface area contributed by atoms with Crippen molar-refractivity contribution in [3.8, 4) is 5.75 Å². The van der Waals surface area contributed by atoms with E-state index in [1.54, 1.807) is 36.4 Å². The average molecular weight is 415 g/mol. The van der Waals surface area contributed by atoms with Gasteiger partial charge < -0.3 is 25.2 Å². The van der Waals surface area contributed by atoms with Crippen LogP contribution in [0.2, 0.25) is 5.02 Å². The van der Waals surface area contributed by atoms with Gasteiger partial charge in [0.15, 0.2) is 5.44 Å². The minimum absolute atomic E-state index is 0.227. The summed E-state index contributed by atoms with van der Waals surface area (Å²) < 4.78 is 19.9. The topological polar surface area (TPSA) is 90.2 Å². The molecule has 0 amide bonds. The summed E-state index contributed by atoms with van der Waals surface area (Å²) in [6.07, 6.45) is -3.84. The van der Waals surface area contributed by atoms with Crippen molar-refractivity contribution in [2.24, 2.45) is 0 Å². The smallest absolute Gasteiger partial charge is 0.173 e. The summed E-state index contributed by atoms with van der Waals surface area (Å²) in [6, 6.07) is 11.2. The van der Waals surface area contributed by atoms with E-state index in [0.29, 0.717) is 21.9 Å². The Morgan fingerprint density at radius 2 is 1.74 bits per heavy atom. The van der Waals surface area contributed by atoms with Gasteiger partial charge in [-0.2, -0.15) is 0 Å². The molecule has 5 atom stereocenters. The summed E-state index contributed by atoms with van der Waals surface area (Å²) in [4.78, 5) is 0.